The maximum absolute atomic E-state index is 11.1. The molecule has 2 atom stereocenters. The van der Waals surface area contributed by atoms with Gasteiger partial charge in [-0.25, -0.2) is 0 Å². The zero-order chi connectivity index (χ0) is 14.1. The molecule has 2 unspecified atom stereocenters. The molecule has 108 valence electrons. The van der Waals surface area contributed by atoms with E-state index in [0.29, 0.717) is 23.7 Å². The van der Waals surface area contributed by atoms with E-state index in [4.69, 9.17) is 5.73 Å². The zero-order valence-electron chi connectivity index (χ0n) is 12.0. The molecule has 0 radical (unpaired) electrons. The van der Waals surface area contributed by atoms with Crippen molar-refractivity contribution in [3.63, 3.8) is 0 Å². The topological polar surface area (TPSA) is 58.4 Å². The van der Waals surface area contributed by atoms with Gasteiger partial charge in [-0.3, -0.25) is 4.79 Å². The lowest BCUT2D eigenvalue weighted by Crippen LogP contribution is -2.48. The fourth-order valence-electron chi connectivity index (χ4n) is 3.75. The van der Waals surface area contributed by atoms with E-state index in [0.717, 1.165) is 6.54 Å². The molecule has 4 heteroatoms. The zero-order valence-corrected chi connectivity index (χ0v) is 12.0. The standard InChI is InChI=1S/C16H23N3O/c1-2-19(14-7-3-11(4-8-14)16(17)20)15-9-12-5-6-13(10-15)18-12/h3-4,7-8,12-13,15,18H,2,5-6,9-10H2,1H3,(H2,17,20). The molecule has 4 nitrogen and oxygen atoms in total. The average molecular weight is 273 g/mol. The van der Waals surface area contributed by atoms with E-state index < -0.39 is 0 Å². The highest BCUT2D eigenvalue weighted by atomic mass is 16.1. The monoisotopic (exact) mass is 273 g/mol. The van der Waals surface area contributed by atoms with Crippen LogP contribution in [0.15, 0.2) is 24.3 Å². The van der Waals surface area contributed by atoms with E-state index in [1.165, 1.54) is 31.4 Å². The lowest BCUT2D eigenvalue weighted by molar-refractivity contribution is 0.100. The SMILES string of the molecule is CCN(c1ccc(C(N)=O)cc1)C1CC2CCC(C1)N2. The minimum atomic E-state index is -0.362. The molecule has 3 N–H and O–H groups in total. The highest BCUT2D eigenvalue weighted by molar-refractivity contribution is 5.93. The van der Waals surface area contributed by atoms with Gasteiger partial charge in [0.1, 0.15) is 0 Å². The van der Waals surface area contributed by atoms with Crippen LogP contribution in [-0.4, -0.2) is 30.6 Å². The molecule has 2 aliphatic rings. The predicted octanol–water partition coefficient (Wildman–Crippen LogP) is 1.89. The summed E-state index contributed by atoms with van der Waals surface area (Å²) in [6, 6.07) is 9.70. The average Bonchev–Trinajstić information content (AvgIpc) is 2.79. The first-order chi connectivity index (χ1) is 9.67. The molecule has 2 aliphatic heterocycles. The first-order valence-corrected chi connectivity index (χ1v) is 7.60. The van der Waals surface area contributed by atoms with Crippen molar-refractivity contribution in [3.8, 4) is 0 Å². The predicted molar refractivity (Wildman–Crippen MR) is 80.9 cm³/mol. The van der Waals surface area contributed by atoms with Gasteiger partial charge >= 0.3 is 0 Å². The molecule has 2 bridgehead atoms. The quantitative estimate of drug-likeness (QED) is 0.881. The van der Waals surface area contributed by atoms with Crippen molar-refractivity contribution in [2.75, 3.05) is 11.4 Å². The summed E-state index contributed by atoms with van der Waals surface area (Å²) in [5, 5.41) is 3.69. The fraction of sp³-hybridized carbons (Fsp3) is 0.562. The van der Waals surface area contributed by atoms with E-state index in [1.54, 1.807) is 0 Å². The Kier molecular flexibility index (Phi) is 3.66. The van der Waals surface area contributed by atoms with Crippen LogP contribution < -0.4 is 16.0 Å². The van der Waals surface area contributed by atoms with Crippen molar-refractivity contribution < 1.29 is 4.79 Å². The number of primary amides is 1. The van der Waals surface area contributed by atoms with Crippen LogP contribution in [-0.2, 0) is 0 Å². The number of carbonyl (C=O) groups is 1. The van der Waals surface area contributed by atoms with Crippen LogP contribution in [0, 0.1) is 0 Å². The summed E-state index contributed by atoms with van der Waals surface area (Å²) in [5.41, 5.74) is 7.08. The molecule has 0 aromatic heterocycles. The number of rotatable bonds is 4. The number of nitrogens with one attached hydrogen (secondary N) is 1. The third-order valence-corrected chi connectivity index (χ3v) is 4.71. The number of nitrogens with zero attached hydrogens (tertiary/aromatic N) is 1. The van der Waals surface area contributed by atoms with Crippen molar-refractivity contribution in [2.24, 2.45) is 5.73 Å². The second-order valence-electron chi connectivity index (χ2n) is 5.96. The van der Waals surface area contributed by atoms with Crippen molar-refractivity contribution in [3.05, 3.63) is 29.8 Å². The summed E-state index contributed by atoms with van der Waals surface area (Å²) in [6.45, 7) is 3.20. The lowest BCUT2D eigenvalue weighted by atomic mass is 9.97. The van der Waals surface area contributed by atoms with Crippen molar-refractivity contribution in [1.29, 1.82) is 0 Å². The summed E-state index contributed by atoms with van der Waals surface area (Å²) >= 11 is 0. The minimum absolute atomic E-state index is 0.362. The van der Waals surface area contributed by atoms with E-state index in [9.17, 15) is 4.79 Å². The van der Waals surface area contributed by atoms with E-state index in [-0.39, 0.29) is 5.91 Å². The summed E-state index contributed by atoms with van der Waals surface area (Å²) in [7, 11) is 0. The van der Waals surface area contributed by atoms with Gasteiger partial charge in [0.15, 0.2) is 0 Å². The molecule has 0 spiro atoms. The Labute approximate surface area is 120 Å². The molecule has 0 aliphatic carbocycles. The van der Waals surface area contributed by atoms with Gasteiger partial charge in [0.2, 0.25) is 5.91 Å². The smallest absolute Gasteiger partial charge is 0.248 e. The normalized spacial score (nSPS) is 28.4. The molecule has 1 aromatic carbocycles. The van der Waals surface area contributed by atoms with Crippen LogP contribution in [0.1, 0.15) is 43.0 Å². The lowest BCUT2D eigenvalue weighted by Gasteiger charge is -2.38. The molecule has 1 amide bonds. The van der Waals surface area contributed by atoms with Crippen molar-refractivity contribution >= 4 is 11.6 Å². The number of nitrogens with two attached hydrogens (primary N) is 1. The summed E-state index contributed by atoms with van der Waals surface area (Å²) in [5.74, 6) is -0.362. The molecule has 2 fully saturated rings. The van der Waals surface area contributed by atoms with Gasteiger partial charge in [-0.2, -0.15) is 0 Å². The van der Waals surface area contributed by atoms with Gasteiger partial charge in [-0.1, -0.05) is 0 Å². The largest absolute Gasteiger partial charge is 0.369 e. The summed E-state index contributed by atoms with van der Waals surface area (Å²) in [4.78, 5) is 13.6. The van der Waals surface area contributed by atoms with Crippen LogP contribution in [0.5, 0.6) is 0 Å². The molecule has 0 saturated carbocycles. The third-order valence-electron chi connectivity index (χ3n) is 4.71. The van der Waals surface area contributed by atoms with Gasteiger partial charge in [-0.05, 0) is 56.9 Å². The number of hydrogen-bond donors (Lipinski definition) is 2. The van der Waals surface area contributed by atoms with Gasteiger partial charge in [-0.15, -0.1) is 0 Å². The third kappa shape index (κ3) is 2.52. The van der Waals surface area contributed by atoms with Crippen LogP contribution in [0.2, 0.25) is 0 Å². The van der Waals surface area contributed by atoms with E-state index in [1.807, 2.05) is 24.3 Å². The number of fused-ring (bicyclic) bond motifs is 2. The molecule has 1 aromatic rings. The number of benzene rings is 1. The molecular formula is C16H23N3O. The molecular weight excluding hydrogens is 250 g/mol. The van der Waals surface area contributed by atoms with Gasteiger partial charge in [0, 0.05) is 35.9 Å². The second-order valence-corrected chi connectivity index (χ2v) is 5.96. The second kappa shape index (κ2) is 5.44. The van der Waals surface area contributed by atoms with E-state index in [2.05, 4.69) is 17.1 Å². The fourth-order valence-corrected chi connectivity index (χ4v) is 3.75. The highest BCUT2D eigenvalue weighted by Gasteiger charge is 2.35. The first kappa shape index (κ1) is 13.4. The molecule has 2 saturated heterocycles. The van der Waals surface area contributed by atoms with Crippen LogP contribution in [0.25, 0.3) is 0 Å². The number of amides is 1. The Morgan fingerprint density at radius 2 is 1.85 bits per heavy atom. The molecule has 3 rings (SSSR count). The Morgan fingerprint density at radius 1 is 1.25 bits per heavy atom. The Hall–Kier alpha value is -1.55. The van der Waals surface area contributed by atoms with Gasteiger partial charge in [0.25, 0.3) is 0 Å². The van der Waals surface area contributed by atoms with Gasteiger partial charge in [0.05, 0.1) is 0 Å². The van der Waals surface area contributed by atoms with Crippen LogP contribution >= 0.6 is 0 Å². The first-order valence-electron chi connectivity index (χ1n) is 7.60. The van der Waals surface area contributed by atoms with E-state index >= 15 is 0 Å². The number of anilines is 1. The van der Waals surface area contributed by atoms with Crippen molar-refractivity contribution in [1.82, 2.24) is 5.32 Å². The van der Waals surface area contributed by atoms with Crippen molar-refractivity contribution in [2.45, 2.75) is 50.7 Å². The van der Waals surface area contributed by atoms with Crippen LogP contribution in [0.3, 0.4) is 0 Å². The molecule has 2 heterocycles. The Morgan fingerprint density at radius 3 is 2.35 bits per heavy atom. The molecule has 20 heavy (non-hydrogen) atoms. The Bertz CT molecular complexity index is 473. The maximum Gasteiger partial charge on any atom is 0.248 e. The summed E-state index contributed by atoms with van der Waals surface area (Å²) in [6.07, 6.45) is 5.09. The Balaban J connectivity index is 1.77. The van der Waals surface area contributed by atoms with Gasteiger partial charge < -0.3 is 16.0 Å². The van der Waals surface area contributed by atoms with Crippen LogP contribution in [0.4, 0.5) is 5.69 Å². The minimum Gasteiger partial charge on any atom is -0.369 e. The number of carbonyl (C=O) groups excluding carboxylic acids is 1. The summed E-state index contributed by atoms with van der Waals surface area (Å²) < 4.78 is 0. The maximum atomic E-state index is 11.1. The number of hydrogen-bond acceptors (Lipinski definition) is 3. The number of piperidine rings is 1. The highest BCUT2D eigenvalue weighted by Crippen LogP contribution is 2.32.